The molecular weight excluding hydrogens is 252 g/mol. The van der Waals surface area contributed by atoms with Crippen LogP contribution in [0.15, 0.2) is 18.3 Å². The van der Waals surface area contributed by atoms with Crippen LogP contribution in [0.4, 0.5) is 5.82 Å². The Morgan fingerprint density at radius 3 is 2.80 bits per heavy atom. The molecule has 1 unspecified atom stereocenters. The first-order valence-electron chi connectivity index (χ1n) is 7.18. The summed E-state index contributed by atoms with van der Waals surface area (Å²) in [5.74, 6) is 0.753. The monoisotopic (exact) mass is 276 g/mol. The quantitative estimate of drug-likeness (QED) is 0.852. The number of rotatable bonds is 3. The van der Waals surface area contributed by atoms with Gasteiger partial charge in [0.1, 0.15) is 5.82 Å². The van der Waals surface area contributed by atoms with Crippen LogP contribution in [0.5, 0.6) is 0 Å². The Kier molecular flexibility index (Phi) is 4.43. The van der Waals surface area contributed by atoms with Crippen molar-refractivity contribution in [2.24, 2.45) is 5.41 Å². The van der Waals surface area contributed by atoms with E-state index in [1.165, 1.54) is 0 Å². The van der Waals surface area contributed by atoms with E-state index < -0.39 is 0 Å². The van der Waals surface area contributed by atoms with Gasteiger partial charge in [-0.1, -0.05) is 19.9 Å². The van der Waals surface area contributed by atoms with Gasteiger partial charge in [0.2, 0.25) is 5.91 Å². The Morgan fingerprint density at radius 2 is 2.25 bits per heavy atom. The highest BCUT2D eigenvalue weighted by molar-refractivity contribution is 5.92. The van der Waals surface area contributed by atoms with Crippen LogP contribution >= 0.6 is 0 Å². The summed E-state index contributed by atoms with van der Waals surface area (Å²) in [6.45, 7) is 7.12. The average molecular weight is 276 g/mol. The molecule has 2 rings (SSSR count). The Morgan fingerprint density at radius 1 is 1.50 bits per heavy atom. The predicted molar refractivity (Wildman–Crippen MR) is 79.8 cm³/mol. The van der Waals surface area contributed by atoms with Crippen molar-refractivity contribution in [3.63, 3.8) is 0 Å². The summed E-state index contributed by atoms with van der Waals surface area (Å²) in [4.78, 5) is 18.2. The summed E-state index contributed by atoms with van der Waals surface area (Å²) in [5.41, 5.74) is 1.33. The lowest BCUT2D eigenvalue weighted by atomic mass is 9.85. The zero-order valence-corrected chi connectivity index (χ0v) is 12.8. The molecule has 1 saturated heterocycles. The van der Waals surface area contributed by atoms with Crippen molar-refractivity contribution in [3.8, 4) is 0 Å². The molecular formula is C16H24N2O2. The molecule has 0 bridgehead atoms. The van der Waals surface area contributed by atoms with Crippen LogP contribution in [0.3, 0.4) is 0 Å². The topological polar surface area (TPSA) is 42.4 Å². The lowest BCUT2D eigenvalue weighted by Gasteiger charge is -2.34. The van der Waals surface area contributed by atoms with Crippen LogP contribution in [0.1, 0.15) is 38.7 Å². The van der Waals surface area contributed by atoms with Gasteiger partial charge in [0.25, 0.3) is 0 Å². The highest BCUT2D eigenvalue weighted by Gasteiger charge is 2.29. The molecule has 4 nitrogen and oxygen atoms in total. The van der Waals surface area contributed by atoms with E-state index in [4.69, 9.17) is 4.74 Å². The van der Waals surface area contributed by atoms with Gasteiger partial charge in [-0.25, -0.2) is 4.98 Å². The molecule has 1 atom stereocenters. The number of anilines is 1. The second-order valence-electron chi connectivity index (χ2n) is 6.49. The summed E-state index contributed by atoms with van der Waals surface area (Å²) in [6.07, 6.45) is 4.31. The van der Waals surface area contributed by atoms with Crippen LogP contribution in [0, 0.1) is 12.3 Å². The van der Waals surface area contributed by atoms with E-state index >= 15 is 0 Å². The van der Waals surface area contributed by atoms with Crippen LogP contribution in [0.2, 0.25) is 0 Å². The smallest absolute Gasteiger partial charge is 0.230 e. The second kappa shape index (κ2) is 5.92. The molecule has 20 heavy (non-hydrogen) atoms. The van der Waals surface area contributed by atoms with Crippen molar-refractivity contribution in [1.29, 1.82) is 0 Å². The largest absolute Gasteiger partial charge is 0.377 e. The SMILES string of the molecule is Cc1ccc(N(C)C(=O)CC2CCC(C)(C)CO2)nc1. The molecule has 4 heteroatoms. The lowest BCUT2D eigenvalue weighted by molar-refractivity contribution is -0.124. The number of hydrogen-bond donors (Lipinski definition) is 0. The number of aryl methyl sites for hydroxylation is 1. The van der Waals surface area contributed by atoms with Gasteiger partial charge in [0.15, 0.2) is 0 Å². The number of hydrogen-bond acceptors (Lipinski definition) is 3. The summed E-state index contributed by atoms with van der Waals surface area (Å²) in [6, 6.07) is 3.84. The van der Waals surface area contributed by atoms with Gasteiger partial charge in [-0.15, -0.1) is 0 Å². The fraction of sp³-hybridized carbons (Fsp3) is 0.625. The predicted octanol–water partition coefficient (Wildman–Crippen LogP) is 2.95. The highest BCUT2D eigenvalue weighted by atomic mass is 16.5. The van der Waals surface area contributed by atoms with Crippen molar-refractivity contribution in [3.05, 3.63) is 23.9 Å². The molecule has 110 valence electrons. The molecule has 1 aliphatic heterocycles. The van der Waals surface area contributed by atoms with Crippen molar-refractivity contribution in [1.82, 2.24) is 4.98 Å². The molecule has 0 spiro atoms. The number of nitrogens with zero attached hydrogens (tertiary/aromatic N) is 2. The van der Waals surface area contributed by atoms with E-state index in [-0.39, 0.29) is 17.4 Å². The normalized spacial score (nSPS) is 21.5. The van der Waals surface area contributed by atoms with Crippen molar-refractivity contribution in [2.45, 2.75) is 46.1 Å². The maximum atomic E-state index is 12.3. The second-order valence-corrected chi connectivity index (χ2v) is 6.49. The molecule has 0 N–H and O–H groups in total. The van der Waals surface area contributed by atoms with Gasteiger partial charge in [-0.3, -0.25) is 9.69 Å². The minimum atomic E-state index is 0.0448. The number of carbonyl (C=O) groups is 1. The standard InChI is InChI=1S/C16H24N2O2/c1-12-5-6-14(17-10-12)18(4)15(19)9-13-7-8-16(2,3)11-20-13/h5-6,10,13H,7-9,11H2,1-4H3. The van der Waals surface area contributed by atoms with Crippen molar-refractivity contribution in [2.75, 3.05) is 18.6 Å². The van der Waals surface area contributed by atoms with Gasteiger partial charge in [-0.2, -0.15) is 0 Å². The van der Waals surface area contributed by atoms with E-state index in [0.717, 1.165) is 25.0 Å². The minimum Gasteiger partial charge on any atom is -0.377 e. The zero-order chi connectivity index (χ0) is 14.8. The lowest BCUT2D eigenvalue weighted by Crippen LogP contribution is -2.36. The highest BCUT2D eigenvalue weighted by Crippen LogP contribution is 2.31. The first-order chi connectivity index (χ1) is 9.37. The van der Waals surface area contributed by atoms with Crippen LogP contribution in [0.25, 0.3) is 0 Å². The molecule has 0 saturated carbocycles. The van der Waals surface area contributed by atoms with Crippen molar-refractivity contribution < 1.29 is 9.53 Å². The number of aromatic nitrogens is 1. The van der Waals surface area contributed by atoms with E-state index in [9.17, 15) is 4.79 Å². The molecule has 0 radical (unpaired) electrons. The molecule has 0 aromatic carbocycles. The summed E-state index contributed by atoms with van der Waals surface area (Å²) in [5, 5.41) is 0. The molecule has 1 amide bonds. The van der Waals surface area contributed by atoms with Crippen LogP contribution < -0.4 is 4.90 Å². The third-order valence-electron chi connectivity index (χ3n) is 3.87. The Bertz CT molecular complexity index is 458. The molecule has 2 heterocycles. The summed E-state index contributed by atoms with van der Waals surface area (Å²) < 4.78 is 5.80. The number of carbonyl (C=O) groups excluding carboxylic acids is 1. The Labute approximate surface area is 121 Å². The molecule has 1 aliphatic rings. The van der Waals surface area contributed by atoms with Gasteiger partial charge in [0.05, 0.1) is 19.1 Å². The van der Waals surface area contributed by atoms with Crippen molar-refractivity contribution >= 4 is 11.7 Å². The maximum absolute atomic E-state index is 12.3. The number of pyridine rings is 1. The fourth-order valence-electron chi connectivity index (χ4n) is 2.33. The van der Waals surface area contributed by atoms with E-state index in [0.29, 0.717) is 12.2 Å². The molecule has 1 fully saturated rings. The summed E-state index contributed by atoms with van der Waals surface area (Å²) >= 11 is 0. The molecule has 0 aliphatic carbocycles. The average Bonchev–Trinajstić information content (AvgIpc) is 2.41. The Balaban J connectivity index is 1.90. The van der Waals surface area contributed by atoms with Gasteiger partial charge < -0.3 is 4.74 Å². The van der Waals surface area contributed by atoms with Gasteiger partial charge in [0, 0.05) is 13.2 Å². The van der Waals surface area contributed by atoms with E-state index in [1.54, 1.807) is 18.1 Å². The number of ether oxygens (including phenoxy) is 1. The number of amides is 1. The molecule has 1 aromatic rings. The van der Waals surface area contributed by atoms with Crippen LogP contribution in [-0.2, 0) is 9.53 Å². The Hall–Kier alpha value is -1.42. The van der Waals surface area contributed by atoms with Gasteiger partial charge >= 0.3 is 0 Å². The van der Waals surface area contributed by atoms with Crippen LogP contribution in [-0.4, -0.2) is 30.6 Å². The van der Waals surface area contributed by atoms with E-state index in [2.05, 4.69) is 18.8 Å². The molecule has 1 aromatic heterocycles. The third kappa shape index (κ3) is 3.79. The minimum absolute atomic E-state index is 0.0448. The first-order valence-corrected chi connectivity index (χ1v) is 7.18. The first kappa shape index (κ1) is 15.0. The zero-order valence-electron chi connectivity index (χ0n) is 12.8. The summed E-state index contributed by atoms with van der Waals surface area (Å²) in [7, 11) is 1.77. The third-order valence-corrected chi connectivity index (χ3v) is 3.87. The fourth-order valence-corrected chi connectivity index (χ4v) is 2.33. The maximum Gasteiger partial charge on any atom is 0.230 e. The van der Waals surface area contributed by atoms with E-state index in [1.807, 2.05) is 19.1 Å². The van der Waals surface area contributed by atoms with Gasteiger partial charge in [-0.05, 0) is 36.8 Å².